The van der Waals surface area contributed by atoms with Crippen LogP contribution in [0.1, 0.15) is 33.3 Å². The minimum atomic E-state index is -0.715. The molecule has 0 spiro atoms. The van der Waals surface area contributed by atoms with Crippen LogP contribution in [0, 0.1) is 5.92 Å². The molecule has 0 fully saturated rings. The quantitative estimate of drug-likeness (QED) is 0.418. The van der Waals surface area contributed by atoms with Gasteiger partial charge in [0.05, 0.1) is 36.6 Å². The van der Waals surface area contributed by atoms with Crippen molar-refractivity contribution in [3.63, 3.8) is 0 Å². The van der Waals surface area contributed by atoms with Crippen LogP contribution in [0.4, 0.5) is 0 Å². The predicted octanol–water partition coefficient (Wildman–Crippen LogP) is 4.89. The van der Waals surface area contributed by atoms with Gasteiger partial charge in [0, 0.05) is 16.9 Å². The number of benzene rings is 3. The van der Waals surface area contributed by atoms with Crippen LogP contribution >= 0.6 is 0 Å². The molecule has 6 nitrogen and oxygen atoms in total. The summed E-state index contributed by atoms with van der Waals surface area (Å²) >= 11 is 0. The monoisotopic (exact) mass is 455 g/mol. The molecule has 0 aliphatic carbocycles. The molecule has 6 heteroatoms. The molecule has 0 bridgehead atoms. The van der Waals surface area contributed by atoms with E-state index in [-0.39, 0.29) is 11.9 Å². The van der Waals surface area contributed by atoms with Gasteiger partial charge in [0.1, 0.15) is 18.1 Å². The van der Waals surface area contributed by atoms with Gasteiger partial charge < -0.3 is 19.3 Å². The molecule has 4 aromatic rings. The smallest absolute Gasteiger partial charge is 0.337 e. The number of hydrogen-bond acceptors (Lipinski definition) is 6. The normalized spacial score (nSPS) is 17.0. The van der Waals surface area contributed by atoms with Gasteiger partial charge in [-0.3, -0.25) is 0 Å². The summed E-state index contributed by atoms with van der Waals surface area (Å²) in [5.74, 6) is 0.765. The Labute approximate surface area is 197 Å². The van der Waals surface area contributed by atoms with Crippen LogP contribution in [-0.2, 0) is 17.8 Å². The molecule has 34 heavy (non-hydrogen) atoms. The average Bonchev–Trinajstić information content (AvgIpc) is 2.89. The lowest BCUT2D eigenvalue weighted by Gasteiger charge is -2.30. The minimum Gasteiger partial charge on any atom is -0.493 e. The first-order chi connectivity index (χ1) is 16.6. The number of hydrogen-bond donors (Lipinski definition) is 1. The lowest BCUT2D eigenvalue weighted by molar-refractivity contribution is 0.0504. The molecule has 2 atom stereocenters. The first kappa shape index (κ1) is 21.9. The van der Waals surface area contributed by atoms with Gasteiger partial charge in [-0.05, 0) is 54.4 Å². The second kappa shape index (κ2) is 9.53. The molecule has 5 rings (SSSR count). The summed E-state index contributed by atoms with van der Waals surface area (Å²) in [4.78, 5) is 16.5. The summed E-state index contributed by atoms with van der Waals surface area (Å²) in [6.45, 7) is 0.710. The van der Waals surface area contributed by atoms with Crippen molar-refractivity contribution < 1.29 is 24.1 Å². The Morgan fingerprint density at radius 2 is 1.94 bits per heavy atom. The topological polar surface area (TPSA) is 77.9 Å². The highest BCUT2D eigenvalue weighted by atomic mass is 16.5. The van der Waals surface area contributed by atoms with E-state index in [2.05, 4.69) is 4.98 Å². The summed E-state index contributed by atoms with van der Waals surface area (Å²) in [5.41, 5.74) is 3.89. The standard InChI is InChI=1S/C28H25NO5/c1-32-28(31)20-7-4-5-18(13-20)14-21-16-34-26-12-11-23(15-24(26)27(21)30)33-17-22-10-9-19-6-2-3-8-25(19)29-22/h2-13,15,21,27,30H,14,16-17H2,1H3/t21-,27+/m1/s1. The molecule has 3 aromatic carbocycles. The van der Waals surface area contributed by atoms with E-state index in [0.29, 0.717) is 42.3 Å². The molecular weight excluding hydrogens is 430 g/mol. The Hall–Kier alpha value is -3.90. The molecule has 1 N–H and O–H groups in total. The van der Waals surface area contributed by atoms with E-state index in [1.807, 2.05) is 66.7 Å². The van der Waals surface area contributed by atoms with E-state index in [0.717, 1.165) is 22.2 Å². The summed E-state index contributed by atoms with van der Waals surface area (Å²) in [6, 6.07) is 24.7. The number of rotatable bonds is 6. The van der Waals surface area contributed by atoms with E-state index in [1.165, 1.54) is 7.11 Å². The molecule has 2 heterocycles. The Kier molecular flexibility index (Phi) is 6.14. The van der Waals surface area contributed by atoms with Crippen molar-refractivity contribution in [1.82, 2.24) is 4.98 Å². The van der Waals surface area contributed by atoms with Gasteiger partial charge in [0.25, 0.3) is 0 Å². The fourth-order valence-corrected chi connectivity index (χ4v) is 4.28. The van der Waals surface area contributed by atoms with Crippen molar-refractivity contribution in [3.05, 3.63) is 101 Å². The van der Waals surface area contributed by atoms with Gasteiger partial charge in [-0.15, -0.1) is 0 Å². The largest absolute Gasteiger partial charge is 0.493 e. The van der Waals surface area contributed by atoms with Crippen molar-refractivity contribution in [1.29, 1.82) is 0 Å². The summed E-state index contributed by atoms with van der Waals surface area (Å²) < 4.78 is 16.7. The second-order valence-electron chi connectivity index (χ2n) is 8.40. The first-order valence-corrected chi connectivity index (χ1v) is 11.2. The number of esters is 1. The zero-order chi connectivity index (χ0) is 23.5. The van der Waals surface area contributed by atoms with Crippen LogP contribution in [-0.4, -0.2) is 29.8 Å². The van der Waals surface area contributed by atoms with Gasteiger partial charge in [-0.1, -0.05) is 36.4 Å². The molecule has 1 aliphatic rings. The van der Waals surface area contributed by atoms with Gasteiger partial charge in [0.15, 0.2) is 0 Å². The molecule has 0 radical (unpaired) electrons. The maximum Gasteiger partial charge on any atom is 0.337 e. The van der Waals surface area contributed by atoms with E-state index < -0.39 is 6.10 Å². The van der Waals surface area contributed by atoms with Crippen molar-refractivity contribution in [2.24, 2.45) is 5.92 Å². The molecule has 1 aliphatic heterocycles. The number of aliphatic hydroxyl groups excluding tert-OH is 1. The average molecular weight is 456 g/mol. The number of para-hydroxylation sites is 1. The Morgan fingerprint density at radius 3 is 2.82 bits per heavy atom. The number of fused-ring (bicyclic) bond motifs is 2. The lowest BCUT2D eigenvalue weighted by Crippen LogP contribution is -2.27. The van der Waals surface area contributed by atoms with Crippen LogP contribution in [0.2, 0.25) is 0 Å². The van der Waals surface area contributed by atoms with Crippen LogP contribution < -0.4 is 9.47 Å². The van der Waals surface area contributed by atoms with E-state index >= 15 is 0 Å². The third-order valence-electron chi connectivity index (χ3n) is 6.09. The van der Waals surface area contributed by atoms with Crippen molar-refractivity contribution in [3.8, 4) is 11.5 Å². The van der Waals surface area contributed by atoms with Crippen LogP contribution in [0.5, 0.6) is 11.5 Å². The summed E-state index contributed by atoms with van der Waals surface area (Å²) in [5, 5.41) is 12.2. The highest BCUT2D eigenvalue weighted by Crippen LogP contribution is 2.39. The molecule has 0 amide bonds. The second-order valence-corrected chi connectivity index (χ2v) is 8.40. The third-order valence-corrected chi connectivity index (χ3v) is 6.09. The lowest BCUT2D eigenvalue weighted by atomic mass is 9.88. The van der Waals surface area contributed by atoms with Crippen molar-refractivity contribution in [2.45, 2.75) is 19.1 Å². The molecule has 172 valence electrons. The summed E-state index contributed by atoms with van der Waals surface area (Å²) in [7, 11) is 1.36. The fourth-order valence-electron chi connectivity index (χ4n) is 4.28. The van der Waals surface area contributed by atoms with Crippen LogP contribution in [0.25, 0.3) is 10.9 Å². The first-order valence-electron chi connectivity index (χ1n) is 11.2. The molecule has 1 aromatic heterocycles. The number of methoxy groups -OCH3 is 1. The summed E-state index contributed by atoms with van der Waals surface area (Å²) in [6.07, 6.45) is -0.148. The fraction of sp³-hybridized carbons (Fsp3) is 0.214. The van der Waals surface area contributed by atoms with Gasteiger partial charge >= 0.3 is 5.97 Å². The molecule has 0 saturated heterocycles. The zero-order valence-electron chi connectivity index (χ0n) is 18.8. The number of carbonyl (C=O) groups excluding carboxylic acids is 1. The molecule has 0 saturated carbocycles. The highest BCUT2D eigenvalue weighted by Gasteiger charge is 2.30. The van der Waals surface area contributed by atoms with Gasteiger partial charge in [0.2, 0.25) is 0 Å². The van der Waals surface area contributed by atoms with Gasteiger partial charge in [-0.2, -0.15) is 0 Å². The number of carbonyl (C=O) groups is 1. The van der Waals surface area contributed by atoms with Crippen LogP contribution in [0.3, 0.4) is 0 Å². The zero-order valence-corrected chi connectivity index (χ0v) is 18.8. The number of pyridine rings is 1. The van der Waals surface area contributed by atoms with E-state index in [1.54, 1.807) is 12.1 Å². The maximum absolute atomic E-state index is 11.8. The predicted molar refractivity (Wildman–Crippen MR) is 128 cm³/mol. The maximum atomic E-state index is 11.8. The molecule has 0 unspecified atom stereocenters. The third kappa shape index (κ3) is 4.58. The number of nitrogens with zero attached hydrogens (tertiary/aromatic N) is 1. The van der Waals surface area contributed by atoms with E-state index in [9.17, 15) is 9.90 Å². The van der Waals surface area contributed by atoms with Crippen molar-refractivity contribution >= 4 is 16.9 Å². The molecular formula is C28H25NO5. The van der Waals surface area contributed by atoms with E-state index in [4.69, 9.17) is 14.2 Å². The number of ether oxygens (including phenoxy) is 3. The number of aliphatic hydroxyl groups is 1. The SMILES string of the molecule is COC(=O)c1cccc(C[C@@H]2COc3ccc(OCc4ccc5ccccc5n4)cc3[C@H]2O)c1. The van der Waals surface area contributed by atoms with Crippen LogP contribution in [0.15, 0.2) is 78.9 Å². The Balaban J connectivity index is 1.29. The Morgan fingerprint density at radius 1 is 1.06 bits per heavy atom. The van der Waals surface area contributed by atoms with Gasteiger partial charge in [-0.25, -0.2) is 9.78 Å². The van der Waals surface area contributed by atoms with Crippen molar-refractivity contribution in [2.75, 3.05) is 13.7 Å². The Bertz CT molecular complexity index is 1340. The highest BCUT2D eigenvalue weighted by molar-refractivity contribution is 5.89. The number of aromatic nitrogens is 1. The minimum absolute atomic E-state index is 0.155.